The summed E-state index contributed by atoms with van der Waals surface area (Å²) in [5, 5.41) is 26.3. The quantitative estimate of drug-likeness (QED) is 0.605. The number of rotatable bonds is 3. The number of H-pyrrole nitrogens is 2. The summed E-state index contributed by atoms with van der Waals surface area (Å²) >= 11 is 0. The number of hydrogen-bond donors (Lipinski definition) is 2. The highest BCUT2D eigenvalue weighted by Crippen LogP contribution is 2.41. The molecule has 0 saturated carbocycles. The van der Waals surface area contributed by atoms with Crippen LogP contribution in [0, 0.1) is 0 Å². The molecule has 2 aromatic carbocycles. The maximum Gasteiger partial charge on any atom is 0.119 e. The first-order valence-electron chi connectivity index (χ1n) is 7.36. The van der Waals surface area contributed by atoms with Crippen molar-refractivity contribution >= 4 is 21.8 Å². The van der Waals surface area contributed by atoms with Gasteiger partial charge < -0.3 is 29.7 Å². The van der Waals surface area contributed by atoms with E-state index in [1.165, 1.54) is 0 Å². The molecule has 2 N–H and O–H groups in total. The molecule has 0 bridgehead atoms. The molecule has 4 aromatic rings. The van der Waals surface area contributed by atoms with E-state index in [1.54, 1.807) is 50.6 Å². The first-order chi connectivity index (χ1) is 11.6. The van der Waals surface area contributed by atoms with Crippen LogP contribution >= 0.6 is 0 Å². The van der Waals surface area contributed by atoms with E-state index in [0.29, 0.717) is 33.3 Å². The van der Waals surface area contributed by atoms with E-state index < -0.39 is 0 Å². The van der Waals surface area contributed by atoms with Gasteiger partial charge in [-0.2, -0.15) is 0 Å². The zero-order valence-electron chi connectivity index (χ0n) is 13.1. The van der Waals surface area contributed by atoms with Gasteiger partial charge >= 0.3 is 0 Å². The van der Waals surface area contributed by atoms with Crippen LogP contribution in [0.25, 0.3) is 33.2 Å². The van der Waals surface area contributed by atoms with Crippen molar-refractivity contribution in [3.63, 3.8) is 0 Å². The van der Waals surface area contributed by atoms with Crippen LogP contribution in [0.5, 0.6) is 23.0 Å². The number of hydrogen-bond acceptors (Lipinski definition) is 4. The summed E-state index contributed by atoms with van der Waals surface area (Å²) in [4.78, 5) is 6.06. The van der Waals surface area contributed by atoms with Crippen molar-refractivity contribution in [1.29, 1.82) is 0 Å². The molecule has 2 heterocycles. The molecule has 4 rings (SSSR count). The topological polar surface area (TPSA) is 96.2 Å². The summed E-state index contributed by atoms with van der Waals surface area (Å²) in [7, 11) is 3.08. The van der Waals surface area contributed by atoms with Crippen molar-refractivity contribution in [3.05, 3.63) is 36.4 Å². The Morgan fingerprint density at radius 1 is 0.708 bits per heavy atom. The maximum atomic E-state index is 12.7. The Morgan fingerprint density at radius 2 is 1.12 bits per heavy atom. The predicted octanol–water partition coefficient (Wildman–Crippen LogP) is 2.48. The third-order valence-electron chi connectivity index (χ3n) is 4.17. The minimum atomic E-state index is -0.237. The summed E-state index contributed by atoms with van der Waals surface area (Å²) in [6, 6.07) is 10.4. The average Bonchev–Trinajstić information content (AvgIpc) is 3.11. The fourth-order valence-electron chi connectivity index (χ4n) is 2.90. The van der Waals surface area contributed by atoms with Gasteiger partial charge in [-0.3, -0.25) is 0 Å². The number of aromatic nitrogens is 2. The van der Waals surface area contributed by atoms with Crippen molar-refractivity contribution < 1.29 is 19.7 Å². The molecule has 0 atom stereocenters. The summed E-state index contributed by atoms with van der Waals surface area (Å²) in [6.45, 7) is 0. The lowest BCUT2D eigenvalue weighted by atomic mass is 10.2. The van der Waals surface area contributed by atoms with Gasteiger partial charge in [0.1, 0.15) is 11.5 Å². The fraction of sp³-hybridized carbons (Fsp3) is 0.111. The molecule has 6 heteroatoms. The first-order valence-corrected chi connectivity index (χ1v) is 7.36. The average molecular weight is 322 g/mol. The monoisotopic (exact) mass is 322 g/mol. The van der Waals surface area contributed by atoms with Crippen LogP contribution in [-0.2, 0) is 0 Å². The van der Waals surface area contributed by atoms with Crippen LogP contribution < -0.4 is 19.7 Å². The van der Waals surface area contributed by atoms with Gasteiger partial charge in [-0.15, -0.1) is 0 Å². The maximum absolute atomic E-state index is 12.7. The third-order valence-corrected chi connectivity index (χ3v) is 4.17. The lowest BCUT2D eigenvalue weighted by Crippen LogP contribution is -1.95. The number of fused-ring (bicyclic) bond motifs is 2. The molecule has 0 amide bonds. The van der Waals surface area contributed by atoms with Gasteiger partial charge in [-0.1, -0.05) is 11.5 Å². The number of methoxy groups -OCH3 is 2. The number of nitrogens with one attached hydrogen (secondary N) is 2. The van der Waals surface area contributed by atoms with E-state index in [9.17, 15) is 10.2 Å². The van der Waals surface area contributed by atoms with Crippen molar-refractivity contribution in [3.8, 4) is 34.4 Å². The van der Waals surface area contributed by atoms with Crippen LogP contribution in [-0.4, -0.2) is 24.2 Å². The third kappa shape index (κ3) is 1.96. The Labute approximate surface area is 137 Å². The van der Waals surface area contributed by atoms with Crippen molar-refractivity contribution in [2.24, 2.45) is 0 Å². The van der Waals surface area contributed by atoms with Gasteiger partial charge in [-0.05, 0) is 47.2 Å². The van der Waals surface area contributed by atoms with E-state index in [4.69, 9.17) is 9.47 Å². The first kappa shape index (κ1) is 14.3. The van der Waals surface area contributed by atoms with Crippen molar-refractivity contribution in [1.82, 2.24) is 9.97 Å². The zero-order valence-corrected chi connectivity index (χ0v) is 13.1. The molecule has 6 nitrogen and oxygen atoms in total. The minimum absolute atomic E-state index is 0.237. The summed E-state index contributed by atoms with van der Waals surface area (Å²) in [5.41, 5.74) is 1.81. The zero-order chi connectivity index (χ0) is 16.8. The molecular weight excluding hydrogens is 308 g/mol. The van der Waals surface area contributed by atoms with Gasteiger partial charge in [0.25, 0.3) is 0 Å². The molecule has 24 heavy (non-hydrogen) atoms. The van der Waals surface area contributed by atoms with Gasteiger partial charge in [0.2, 0.25) is 0 Å². The van der Waals surface area contributed by atoms with Gasteiger partial charge in [0, 0.05) is 11.0 Å². The molecule has 0 aliphatic heterocycles. The normalized spacial score (nSPS) is 11.2. The van der Waals surface area contributed by atoms with Gasteiger partial charge in [0.15, 0.2) is 0 Å². The Morgan fingerprint density at radius 3 is 1.50 bits per heavy atom. The van der Waals surface area contributed by atoms with Gasteiger partial charge in [0.05, 0.1) is 25.6 Å². The Kier molecular flexibility index (Phi) is 3.06. The molecule has 0 radical (unpaired) electrons. The molecule has 0 unspecified atom stereocenters. The second-order valence-electron chi connectivity index (χ2n) is 5.48. The number of ether oxygens (including phenoxy) is 2. The largest absolute Gasteiger partial charge is 0.871 e. The SMILES string of the molecule is COc1ccc2[nH]c(-c3[nH]c4ccc(OC)cc4c3[O-])c([O-])c2c1. The highest BCUT2D eigenvalue weighted by Gasteiger charge is 2.12. The van der Waals surface area contributed by atoms with E-state index in [-0.39, 0.29) is 22.9 Å². The highest BCUT2D eigenvalue weighted by molar-refractivity contribution is 5.99. The number of benzene rings is 2. The lowest BCUT2D eigenvalue weighted by molar-refractivity contribution is -0.268. The second kappa shape index (κ2) is 5.13. The smallest absolute Gasteiger partial charge is 0.119 e. The van der Waals surface area contributed by atoms with Crippen LogP contribution in [0.2, 0.25) is 0 Å². The standard InChI is InChI=1S/C18H16N2O4/c1-23-9-3-5-13-11(7-9)17(21)15(19-13)16-18(22)12-8-10(24-2)4-6-14(12)20-16/h3-8,19-22H,1-2H3/p-2. The Balaban J connectivity index is 1.95. The number of aromatic amines is 2. The van der Waals surface area contributed by atoms with Crippen LogP contribution in [0.15, 0.2) is 36.4 Å². The molecule has 0 saturated heterocycles. The Bertz CT molecular complexity index is 976. The fourth-order valence-corrected chi connectivity index (χ4v) is 2.90. The summed E-state index contributed by atoms with van der Waals surface area (Å²) in [5.74, 6) is 0.710. The van der Waals surface area contributed by atoms with Crippen LogP contribution in [0.1, 0.15) is 0 Å². The molecule has 2 aromatic heterocycles. The molecule has 0 spiro atoms. The minimum Gasteiger partial charge on any atom is -0.871 e. The summed E-state index contributed by atoms with van der Waals surface area (Å²) in [6.07, 6.45) is 0. The summed E-state index contributed by atoms with van der Waals surface area (Å²) < 4.78 is 10.3. The van der Waals surface area contributed by atoms with E-state index >= 15 is 0 Å². The van der Waals surface area contributed by atoms with E-state index in [1.807, 2.05) is 0 Å². The highest BCUT2D eigenvalue weighted by atomic mass is 16.5. The van der Waals surface area contributed by atoms with Crippen LogP contribution in [0.3, 0.4) is 0 Å². The van der Waals surface area contributed by atoms with Gasteiger partial charge in [-0.25, -0.2) is 0 Å². The predicted molar refractivity (Wildman–Crippen MR) is 87.6 cm³/mol. The van der Waals surface area contributed by atoms with E-state index in [2.05, 4.69) is 9.97 Å². The molecular formula is C18H14N2O4-2. The lowest BCUT2D eigenvalue weighted by Gasteiger charge is -2.12. The molecule has 0 aliphatic rings. The van der Waals surface area contributed by atoms with Crippen LogP contribution in [0.4, 0.5) is 0 Å². The second-order valence-corrected chi connectivity index (χ2v) is 5.48. The Hall–Kier alpha value is -3.28. The molecule has 0 aliphatic carbocycles. The van der Waals surface area contributed by atoms with Crippen molar-refractivity contribution in [2.45, 2.75) is 0 Å². The van der Waals surface area contributed by atoms with Crippen molar-refractivity contribution in [2.75, 3.05) is 14.2 Å². The molecule has 0 fully saturated rings. The van der Waals surface area contributed by atoms with E-state index in [0.717, 1.165) is 0 Å². The molecule has 122 valence electrons.